The van der Waals surface area contributed by atoms with Gasteiger partial charge < -0.3 is 9.73 Å². The molecule has 1 N–H and O–H groups in total. The maximum absolute atomic E-state index is 5.72. The molecule has 15 heavy (non-hydrogen) atoms. The minimum atomic E-state index is 0.352. The second-order valence-corrected chi connectivity index (χ2v) is 4.40. The Labute approximate surface area is 88.5 Å². The standard InChI is InChI=1S/C12H14N2O/c1-7(2)12-14-10-3-8-5-13-6-9(8)4-11(10)15-12/h3-4,7,13H,5-6H2,1-2H3. The van der Waals surface area contributed by atoms with Gasteiger partial charge in [-0.3, -0.25) is 0 Å². The summed E-state index contributed by atoms with van der Waals surface area (Å²) < 4.78 is 5.72. The molecule has 78 valence electrons. The molecule has 1 aliphatic rings. The van der Waals surface area contributed by atoms with Gasteiger partial charge in [-0.15, -0.1) is 0 Å². The van der Waals surface area contributed by atoms with E-state index in [0.29, 0.717) is 5.92 Å². The molecule has 2 aromatic rings. The molecule has 0 saturated carbocycles. The zero-order valence-corrected chi connectivity index (χ0v) is 9.00. The molecular formula is C12H14N2O. The summed E-state index contributed by atoms with van der Waals surface area (Å²) in [5.41, 5.74) is 4.60. The molecule has 3 nitrogen and oxygen atoms in total. The smallest absolute Gasteiger partial charge is 0.198 e. The lowest BCUT2D eigenvalue weighted by Gasteiger charge is -1.95. The second-order valence-electron chi connectivity index (χ2n) is 4.40. The third kappa shape index (κ3) is 1.35. The van der Waals surface area contributed by atoms with Crippen molar-refractivity contribution in [3.8, 4) is 0 Å². The van der Waals surface area contributed by atoms with Crippen LogP contribution >= 0.6 is 0 Å². The SMILES string of the molecule is CC(C)c1nc2cc3c(cc2o1)CNC3. The zero-order chi connectivity index (χ0) is 10.4. The van der Waals surface area contributed by atoms with Crippen LogP contribution in [-0.4, -0.2) is 4.98 Å². The summed E-state index contributed by atoms with van der Waals surface area (Å²) in [6, 6.07) is 4.25. The Morgan fingerprint density at radius 2 is 2.00 bits per heavy atom. The zero-order valence-electron chi connectivity index (χ0n) is 9.00. The lowest BCUT2D eigenvalue weighted by Crippen LogP contribution is -1.99. The lowest BCUT2D eigenvalue weighted by atomic mass is 10.1. The predicted octanol–water partition coefficient (Wildman–Crippen LogP) is 2.55. The maximum Gasteiger partial charge on any atom is 0.198 e. The van der Waals surface area contributed by atoms with Crippen molar-refractivity contribution in [3.63, 3.8) is 0 Å². The third-order valence-electron chi connectivity index (χ3n) is 2.85. The van der Waals surface area contributed by atoms with E-state index in [-0.39, 0.29) is 0 Å². The number of hydrogen-bond donors (Lipinski definition) is 1. The fraction of sp³-hybridized carbons (Fsp3) is 0.417. The largest absolute Gasteiger partial charge is 0.440 e. The summed E-state index contributed by atoms with van der Waals surface area (Å²) in [4.78, 5) is 4.50. The van der Waals surface area contributed by atoms with E-state index in [9.17, 15) is 0 Å². The molecule has 3 heteroatoms. The van der Waals surface area contributed by atoms with E-state index in [1.165, 1.54) is 11.1 Å². The van der Waals surface area contributed by atoms with Gasteiger partial charge in [0.05, 0.1) is 0 Å². The molecule has 0 amide bonds. The van der Waals surface area contributed by atoms with Crippen LogP contribution in [0.5, 0.6) is 0 Å². The van der Waals surface area contributed by atoms with Crippen molar-refractivity contribution in [2.45, 2.75) is 32.9 Å². The van der Waals surface area contributed by atoms with Crippen molar-refractivity contribution in [2.24, 2.45) is 0 Å². The summed E-state index contributed by atoms with van der Waals surface area (Å²) in [6.07, 6.45) is 0. The van der Waals surface area contributed by atoms with Crippen molar-refractivity contribution in [2.75, 3.05) is 0 Å². The number of rotatable bonds is 1. The van der Waals surface area contributed by atoms with E-state index >= 15 is 0 Å². The third-order valence-corrected chi connectivity index (χ3v) is 2.85. The Kier molecular flexibility index (Phi) is 1.83. The Morgan fingerprint density at radius 3 is 2.73 bits per heavy atom. The van der Waals surface area contributed by atoms with Crippen LogP contribution in [0.2, 0.25) is 0 Å². The monoisotopic (exact) mass is 202 g/mol. The topological polar surface area (TPSA) is 38.1 Å². The van der Waals surface area contributed by atoms with Crippen LogP contribution < -0.4 is 5.32 Å². The van der Waals surface area contributed by atoms with Gasteiger partial charge in [0.25, 0.3) is 0 Å². The van der Waals surface area contributed by atoms with Crippen LogP contribution in [0.4, 0.5) is 0 Å². The van der Waals surface area contributed by atoms with Crippen molar-refractivity contribution < 1.29 is 4.42 Å². The van der Waals surface area contributed by atoms with Crippen molar-refractivity contribution in [1.29, 1.82) is 0 Å². The lowest BCUT2D eigenvalue weighted by molar-refractivity contribution is 0.501. The van der Waals surface area contributed by atoms with Crippen LogP contribution in [0.25, 0.3) is 11.1 Å². The summed E-state index contributed by atoms with van der Waals surface area (Å²) >= 11 is 0. The van der Waals surface area contributed by atoms with E-state index in [1.807, 2.05) is 0 Å². The molecule has 1 aromatic carbocycles. The van der Waals surface area contributed by atoms with E-state index in [4.69, 9.17) is 4.42 Å². The molecule has 0 saturated heterocycles. The summed E-state index contributed by atoms with van der Waals surface area (Å²) in [5, 5.41) is 3.32. The average molecular weight is 202 g/mol. The van der Waals surface area contributed by atoms with Gasteiger partial charge >= 0.3 is 0 Å². The fourth-order valence-electron chi connectivity index (χ4n) is 1.98. The van der Waals surface area contributed by atoms with Gasteiger partial charge in [0.1, 0.15) is 5.52 Å². The van der Waals surface area contributed by atoms with Crippen molar-refractivity contribution in [1.82, 2.24) is 10.3 Å². The van der Waals surface area contributed by atoms with Crippen molar-refractivity contribution >= 4 is 11.1 Å². The summed E-state index contributed by atoms with van der Waals surface area (Å²) in [7, 11) is 0. The van der Waals surface area contributed by atoms with E-state index < -0.39 is 0 Å². The number of hydrogen-bond acceptors (Lipinski definition) is 3. The molecule has 0 spiro atoms. The van der Waals surface area contributed by atoms with Crippen molar-refractivity contribution in [3.05, 3.63) is 29.2 Å². The highest BCUT2D eigenvalue weighted by atomic mass is 16.3. The molecule has 0 fully saturated rings. The van der Waals surface area contributed by atoms with Gasteiger partial charge in [-0.2, -0.15) is 0 Å². The normalized spacial score (nSPS) is 15.1. The van der Waals surface area contributed by atoms with E-state index in [2.05, 4.69) is 36.3 Å². The summed E-state index contributed by atoms with van der Waals surface area (Å²) in [5.74, 6) is 1.19. The molecule has 2 heterocycles. The average Bonchev–Trinajstić information content (AvgIpc) is 2.77. The molecule has 0 aliphatic carbocycles. The van der Waals surface area contributed by atoms with Gasteiger partial charge in [0.2, 0.25) is 0 Å². The highest BCUT2D eigenvalue weighted by molar-refractivity contribution is 5.75. The second kappa shape index (κ2) is 3.07. The highest BCUT2D eigenvalue weighted by Gasteiger charge is 2.15. The highest BCUT2D eigenvalue weighted by Crippen LogP contribution is 2.26. The minimum absolute atomic E-state index is 0.352. The van der Waals surface area contributed by atoms with Crippen LogP contribution in [0.15, 0.2) is 16.5 Å². The number of nitrogens with one attached hydrogen (secondary N) is 1. The maximum atomic E-state index is 5.72. The number of nitrogens with zero attached hydrogens (tertiary/aromatic N) is 1. The van der Waals surface area contributed by atoms with E-state index in [0.717, 1.165) is 30.1 Å². The number of benzene rings is 1. The number of aromatic nitrogens is 1. The van der Waals surface area contributed by atoms with Gasteiger partial charge in [0.15, 0.2) is 11.5 Å². The van der Waals surface area contributed by atoms with Crippen LogP contribution in [0.3, 0.4) is 0 Å². The molecule has 0 unspecified atom stereocenters. The first-order chi connectivity index (χ1) is 7.24. The van der Waals surface area contributed by atoms with Gasteiger partial charge in [0, 0.05) is 19.0 Å². The molecule has 0 radical (unpaired) electrons. The molecule has 1 aliphatic heterocycles. The first kappa shape index (κ1) is 8.92. The Morgan fingerprint density at radius 1 is 1.27 bits per heavy atom. The summed E-state index contributed by atoms with van der Waals surface area (Å²) in [6.45, 7) is 6.10. The van der Waals surface area contributed by atoms with E-state index in [1.54, 1.807) is 0 Å². The molecule has 0 atom stereocenters. The molecule has 0 bridgehead atoms. The molecule has 3 rings (SSSR count). The first-order valence-electron chi connectivity index (χ1n) is 5.37. The van der Waals surface area contributed by atoms with Gasteiger partial charge in [-0.1, -0.05) is 13.8 Å². The Balaban J connectivity index is 2.20. The Bertz CT molecular complexity index is 473. The van der Waals surface area contributed by atoms with Crippen LogP contribution in [0, 0.1) is 0 Å². The van der Waals surface area contributed by atoms with Crippen LogP contribution in [-0.2, 0) is 13.1 Å². The number of oxazole rings is 1. The molecular weight excluding hydrogens is 188 g/mol. The quantitative estimate of drug-likeness (QED) is 0.772. The van der Waals surface area contributed by atoms with Gasteiger partial charge in [-0.05, 0) is 23.3 Å². The minimum Gasteiger partial charge on any atom is -0.440 e. The van der Waals surface area contributed by atoms with Crippen LogP contribution in [0.1, 0.15) is 36.8 Å². The number of fused-ring (bicyclic) bond motifs is 2. The predicted molar refractivity (Wildman–Crippen MR) is 58.6 cm³/mol. The first-order valence-corrected chi connectivity index (χ1v) is 5.37. The Hall–Kier alpha value is -1.35. The molecule has 1 aromatic heterocycles. The fourth-order valence-corrected chi connectivity index (χ4v) is 1.98. The van der Waals surface area contributed by atoms with Gasteiger partial charge in [-0.25, -0.2) is 4.98 Å².